The zero-order chi connectivity index (χ0) is 16.5. The van der Waals surface area contributed by atoms with Crippen molar-refractivity contribution in [1.82, 2.24) is 4.31 Å². The smallest absolute Gasteiger partial charge is 0.244 e. The standard InChI is InChI=1S/C13H22N2O4S2/c1-13(2,20(5,16)17)10-14-11-8-6-7-9-12(11)21(18,19)15(3)4/h6-9,14H,10H2,1-5H3. The van der Waals surface area contributed by atoms with E-state index in [-0.39, 0.29) is 11.4 Å². The lowest BCUT2D eigenvalue weighted by atomic mass is 10.2. The molecule has 0 atom stereocenters. The van der Waals surface area contributed by atoms with Crippen molar-refractivity contribution in [2.75, 3.05) is 32.2 Å². The Bertz CT molecular complexity index is 707. The minimum atomic E-state index is -3.59. The van der Waals surface area contributed by atoms with E-state index in [9.17, 15) is 16.8 Å². The summed E-state index contributed by atoms with van der Waals surface area (Å²) >= 11 is 0. The summed E-state index contributed by atoms with van der Waals surface area (Å²) < 4.78 is 48.0. The number of rotatable bonds is 6. The maximum absolute atomic E-state index is 12.2. The normalized spacial score (nSPS) is 13.4. The van der Waals surface area contributed by atoms with Crippen LogP contribution in [0.5, 0.6) is 0 Å². The van der Waals surface area contributed by atoms with E-state index in [1.807, 2.05) is 0 Å². The maximum atomic E-state index is 12.2. The van der Waals surface area contributed by atoms with Gasteiger partial charge in [0, 0.05) is 26.9 Å². The molecule has 1 rings (SSSR count). The molecule has 1 aromatic rings. The Morgan fingerprint density at radius 3 is 2.10 bits per heavy atom. The molecular weight excluding hydrogens is 312 g/mol. The van der Waals surface area contributed by atoms with Crippen molar-refractivity contribution in [2.24, 2.45) is 0 Å². The molecule has 0 heterocycles. The molecule has 0 saturated heterocycles. The molecule has 1 aromatic carbocycles. The third-order valence-electron chi connectivity index (χ3n) is 3.35. The van der Waals surface area contributed by atoms with E-state index in [0.717, 1.165) is 10.6 Å². The van der Waals surface area contributed by atoms with Crippen molar-refractivity contribution in [3.05, 3.63) is 24.3 Å². The zero-order valence-electron chi connectivity index (χ0n) is 12.9. The molecule has 8 heteroatoms. The van der Waals surface area contributed by atoms with Gasteiger partial charge in [-0.1, -0.05) is 12.1 Å². The van der Waals surface area contributed by atoms with Gasteiger partial charge in [-0.05, 0) is 26.0 Å². The second-order valence-electron chi connectivity index (χ2n) is 5.67. The molecule has 0 radical (unpaired) electrons. The molecule has 0 aliphatic rings. The minimum absolute atomic E-state index is 0.117. The molecule has 6 nitrogen and oxygen atoms in total. The number of hydrogen-bond acceptors (Lipinski definition) is 5. The summed E-state index contributed by atoms with van der Waals surface area (Å²) in [5.74, 6) is 0. The lowest BCUT2D eigenvalue weighted by Gasteiger charge is -2.24. The zero-order valence-corrected chi connectivity index (χ0v) is 14.5. The molecule has 0 spiro atoms. The summed E-state index contributed by atoms with van der Waals surface area (Å²) in [6.07, 6.45) is 1.16. The Hall–Kier alpha value is -1.12. The minimum Gasteiger partial charge on any atom is -0.382 e. The average Bonchev–Trinajstić information content (AvgIpc) is 2.35. The summed E-state index contributed by atoms with van der Waals surface area (Å²) in [5.41, 5.74) is 0.392. The third kappa shape index (κ3) is 3.96. The highest BCUT2D eigenvalue weighted by Gasteiger charge is 2.30. The van der Waals surface area contributed by atoms with Gasteiger partial charge in [0.05, 0.1) is 10.4 Å². The molecular formula is C13H22N2O4S2. The van der Waals surface area contributed by atoms with Gasteiger partial charge in [-0.15, -0.1) is 0 Å². The van der Waals surface area contributed by atoms with Crippen LogP contribution in [0.2, 0.25) is 0 Å². The summed E-state index contributed by atoms with van der Waals surface area (Å²) in [7, 11) is -3.95. The van der Waals surface area contributed by atoms with E-state index in [1.165, 1.54) is 20.2 Å². The molecule has 0 fully saturated rings. The number of para-hydroxylation sites is 1. The Labute approximate surface area is 127 Å². The van der Waals surface area contributed by atoms with Gasteiger partial charge in [0.1, 0.15) is 4.90 Å². The quantitative estimate of drug-likeness (QED) is 0.844. The van der Waals surface area contributed by atoms with Crippen LogP contribution in [-0.2, 0) is 19.9 Å². The summed E-state index contributed by atoms with van der Waals surface area (Å²) in [6, 6.07) is 6.44. The SMILES string of the molecule is CN(C)S(=O)(=O)c1ccccc1NCC(C)(C)S(C)(=O)=O. The second kappa shape index (κ2) is 5.94. The molecule has 1 N–H and O–H groups in total. The van der Waals surface area contributed by atoms with Crippen LogP contribution < -0.4 is 5.32 Å². The topological polar surface area (TPSA) is 83.6 Å². The fourth-order valence-electron chi connectivity index (χ4n) is 1.47. The molecule has 0 aliphatic carbocycles. The van der Waals surface area contributed by atoms with Crippen LogP contribution in [-0.4, -0.2) is 52.8 Å². The third-order valence-corrected chi connectivity index (χ3v) is 7.38. The van der Waals surface area contributed by atoms with Crippen LogP contribution >= 0.6 is 0 Å². The van der Waals surface area contributed by atoms with E-state index >= 15 is 0 Å². The van der Waals surface area contributed by atoms with Crippen molar-refractivity contribution in [3.63, 3.8) is 0 Å². The highest BCUT2D eigenvalue weighted by Crippen LogP contribution is 2.24. The summed E-state index contributed by atoms with van der Waals surface area (Å²) in [5, 5.41) is 2.94. The Morgan fingerprint density at radius 1 is 1.10 bits per heavy atom. The van der Waals surface area contributed by atoms with E-state index in [4.69, 9.17) is 0 Å². The lowest BCUT2D eigenvalue weighted by Crippen LogP contribution is -2.38. The first-order chi connectivity index (χ1) is 9.39. The fourth-order valence-corrected chi connectivity index (χ4v) is 2.87. The van der Waals surface area contributed by atoms with Gasteiger partial charge >= 0.3 is 0 Å². The Balaban J connectivity index is 3.13. The number of hydrogen-bond donors (Lipinski definition) is 1. The average molecular weight is 334 g/mol. The summed E-state index contributed by atoms with van der Waals surface area (Å²) in [4.78, 5) is 0.124. The van der Waals surface area contributed by atoms with Crippen LogP contribution in [0.4, 0.5) is 5.69 Å². The highest BCUT2D eigenvalue weighted by molar-refractivity contribution is 7.92. The van der Waals surface area contributed by atoms with Gasteiger partial charge in [-0.2, -0.15) is 0 Å². The number of nitrogens with one attached hydrogen (secondary N) is 1. The van der Waals surface area contributed by atoms with Crippen molar-refractivity contribution < 1.29 is 16.8 Å². The Kier molecular flexibility index (Phi) is 5.07. The van der Waals surface area contributed by atoms with Gasteiger partial charge in [0.15, 0.2) is 9.84 Å². The Morgan fingerprint density at radius 2 is 1.62 bits per heavy atom. The predicted molar refractivity (Wildman–Crippen MR) is 84.7 cm³/mol. The van der Waals surface area contributed by atoms with Gasteiger partial charge < -0.3 is 5.32 Å². The number of anilines is 1. The maximum Gasteiger partial charge on any atom is 0.244 e. The molecule has 0 saturated carbocycles. The van der Waals surface area contributed by atoms with Crippen molar-refractivity contribution in [2.45, 2.75) is 23.5 Å². The molecule has 0 unspecified atom stereocenters. The van der Waals surface area contributed by atoms with Gasteiger partial charge in [0.2, 0.25) is 10.0 Å². The molecule has 0 aromatic heterocycles. The van der Waals surface area contributed by atoms with Crippen molar-refractivity contribution >= 4 is 25.5 Å². The van der Waals surface area contributed by atoms with Crippen molar-refractivity contribution in [1.29, 1.82) is 0 Å². The summed E-state index contributed by atoms with van der Waals surface area (Å²) in [6.45, 7) is 3.31. The highest BCUT2D eigenvalue weighted by atomic mass is 32.2. The van der Waals surface area contributed by atoms with E-state index in [2.05, 4.69) is 5.32 Å². The van der Waals surface area contributed by atoms with Crippen LogP contribution in [0.1, 0.15) is 13.8 Å². The number of nitrogens with zero attached hydrogens (tertiary/aromatic N) is 1. The molecule has 0 bridgehead atoms. The molecule has 0 amide bonds. The van der Waals surface area contributed by atoms with Crippen LogP contribution in [0.25, 0.3) is 0 Å². The van der Waals surface area contributed by atoms with E-state index < -0.39 is 24.6 Å². The lowest BCUT2D eigenvalue weighted by molar-refractivity contribution is 0.521. The first-order valence-corrected chi connectivity index (χ1v) is 9.68. The van der Waals surface area contributed by atoms with Gasteiger partial charge in [-0.25, -0.2) is 21.1 Å². The monoisotopic (exact) mass is 334 g/mol. The molecule has 0 aliphatic heterocycles. The van der Waals surface area contributed by atoms with Crippen LogP contribution in [0, 0.1) is 0 Å². The van der Waals surface area contributed by atoms with E-state index in [1.54, 1.807) is 32.0 Å². The largest absolute Gasteiger partial charge is 0.382 e. The van der Waals surface area contributed by atoms with Crippen LogP contribution in [0.15, 0.2) is 29.2 Å². The van der Waals surface area contributed by atoms with E-state index in [0.29, 0.717) is 5.69 Å². The predicted octanol–water partition coefficient (Wildman–Crippen LogP) is 1.17. The second-order valence-corrected chi connectivity index (χ2v) is 10.4. The van der Waals surface area contributed by atoms with Gasteiger partial charge in [0.25, 0.3) is 0 Å². The first-order valence-electron chi connectivity index (χ1n) is 6.34. The number of sulfone groups is 1. The first kappa shape index (κ1) is 17.9. The van der Waals surface area contributed by atoms with Crippen LogP contribution in [0.3, 0.4) is 0 Å². The molecule has 120 valence electrons. The number of benzene rings is 1. The number of sulfonamides is 1. The van der Waals surface area contributed by atoms with Crippen molar-refractivity contribution in [3.8, 4) is 0 Å². The fraction of sp³-hybridized carbons (Fsp3) is 0.538. The molecule has 21 heavy (non-hydrogen) atoms. The van der Waals surface area contributed by atoms with Gasteiger partial charge in [-0.3, -0.25) is 0 Å².